The molecular formula is C14H18N2O3S. The summed E-state index contributed by atoms with van der Waals surface area (Å²) in [6.07, 6.45) is 4.55. The predicted molar refractivity (Wildman–Crippen MR) is 77.6 cm³/mol. The average molecular weight is 294 g/mol. The molecule has 108 valence electrons. The number of aliphatic carboxylic acids is 1. The molecule has 20 heavy (non-hydrogen) atoms. The Morgan fingerprint density at radius 1 is 1.50 bits per heavy atom. The number of aryl methyl sites for hydroxylation is 1. The third-order valence-corrected chi connectivity index (χ3v) is 4.40. The first kappa shape index (κ1) is 14.8. The van der Waals surface area contributed by atoms with Crippen molar-refractivity contribution in [1.29, 1.82) is 0 Å². The molecule has 2 rings (SSSR count). The molecule has 1 aliphatic heterocycles. The van der Waals surface area contributed by atoms with Crippen molar-refractivity contribution in [2.75, 3.05) is 18.1 Å². The van der Waals surface area contributed by atoms with E-state index >= 15 is 0 Å². The van der Waals surface area contributed by atoms with Crippen LogP contribution in [-0.4, -0.2) is 51.0 Å². The van der Waals surface area contributed by atoms with Gasteiger partial charge in [-0.1, -0.05) is 6.07 Å². The highest BCUT2D eigenvalue weighted by Gasteiger charge is 2.28. The minimum atomic E-state index is -0.845. The van der Waals surface area contributed by atoms with Gasteiger partial charge in [0, 0.05) is 36.9 Å². The summed E-state index contributed by atoms with van der Waals surface area (Å²) in [4.78, 5) is 28.9. The van der Waals surface area contributed by atoms with E-state index in [0.29, 0.717) is 25.1 Å². The average Bonchev–Trinajstić information content (AvgIpc) is 2.46. The third kappa shape index (κ3) is 4.23. The van der Waals surface area contributed by atoms with E-state index in [-0.39, 0.29) is 18.4 Å². The van der Waals surface area contributed by atoms with Crippen molar-refractivity contribution in [2.24, 2.45) is 0 Å². The summed E-state index contributed by atoms with van der Waals surface area (Å²) in [5, 5.41) is 8.92. The highest BCUT2D eigenvalue weighted by atomic mass is 32.2. The van der Waals surface area contributed by atoms with Crippen LogP contribution in [0.1, 0.15) is 18.4 Å². The first-order chi connectivity index (χ1) is 9.66. The van der Waals surface area contributed by atoms with E-state index in [1.54, 1.807) is 29.1 Å². The summed E-state index contributed by atoms with van der Waals surface area (Å²) in [5.74, 6) is 0.794. The van der Waals surface area contributed by atoms with Crippen LogP contribution >= 0.6 is 11.8 Å². The number of thioether (sulfide) groups is 1. The lowest BCUT2D eigenvalue weighted by molar-refractivity contribution is -0.140. The van der Waals surface area contributed by atoms with Gasteiger partial charge in [-0.25, -0.2) is 0 Å². The zero-order valence-corrected chi connectivity index (χ0v) is 12.0. The number of amides is 1. The molecule has 0 bridgehead atoms. The molecule has 1 atom stereocenters. The number of carbonyl (C=O) groups is 2. The van der Waals surface area contributed by atoms with E-state index < -0.39 is 5.97 Å². The molecule has 0 radical (unpaired) electrons. The molecule has 0 aliphatic carbocycles. The molecule has 0 aromatic carbocycles. The number of carboxylic acids is 1. The fraction of sp³-hybridized carbons (Fsp3) is 0.500. The van der Waals surface area contributed by atoms with Gasteiger partial charge in [0.25, 0.3) is 0 Å². The maximum Gasteiger partial charge on any atom is 0.305 e. The lowest BCUT2D eigenvalue weighted by atomic mass is 10.1. The van der Waals surface area contributed by atoms with Crippen molar-refractivity contribution in [3.05, 3.63) is 30.1 Å². The highest BCUT2D eigenvalue weighted by molar-refractivity contribution is 7.99. The Hall–Kier alpha value is -1.56. The van der Waals surface area contributed by atoms with Crippen LogP contribution < -0.4 is 0 Å². The first-order valence-corrected chi connectivity index (χ1v) is 7.80. The monoisotopic (exact) mass is 294 g/mol. The van der Waals surface area contributed by atoms with Crippen LogP contribution in [0.3, 0.4) is 0 Å². The van der Waals surface area contributed by atoms with Crippen LogP contribution in [0, 0.1) is 0 Å². The topological polar surface area (TPSA) is 70.5 Å². The van der Waals surface area contributed by atoms with Gasteiger partial charge in [0.05, 0.1) is 12.5 Å². The molecule has 1 amide bonds. The number of hydrogen-bond acceptors (Lipinski definition) is 4. The van der Waals surface area contributed by atoms with Crippen LogP contribution in [0.5, 0.6) is 0 Å². The standard InChI is InChI=1S/C14H18N2O3S/c17-13(4-3-11-2-1-5-15-9-11)16-6-7-20-10-12(16)8-14(18)19/h1-2,5,9,12H,3-4,6-8,10H2,(H,18,19). The zero-order chi connectivity index (χ0) is 14.4. The van der Waals surface area contributed by atoms with E-state index in [1.165, 1.54) is 0 Å². The van der Waals surface area contributed by atoms with Gasteiger partial charge in [-0.15, -0.1) is 0 Å². The number of pyridine rings is 1. The van der Waals surface area contributed by atoms with E-state index in [9.17, 15) is 9.59 Å². The number of aromatic nitrogens is 1. The van der Waals surface area contributed by atoms with Crippen LogP contribution in [0.4, 0.5) is 0 Å². The molecule has 2 heterocycles. The number of nitrogens with zero attached hydrogens (tertiary/aromatic N) is 2. The largest absolute Gasteiger partial charge is 0.481 e. The second-order valence-electron chi connectivity index (χ2n) is 4.78. The van der Waals surface area contributed by atoms with Crippen LogP contribution in [0.2, 0.25) is 0 Å². The second-order valence-corrected chi connectivity index (χ2v) is 5.92. The smallest absolute Gasteiger partial charge is 0.305 e. The normalized spacial score (nSPS) is 18.8. The van der Waals surface area contributed by atoms with Crippen molar-refractivity contribution in [3.8, 4) is 0 Å². The van der Waals surface area contributed by atoms with E-state index in [2.05, 4.69) is 4.98 Å². The number of carboxylic acid groups (broad SMARTS) is 1. The fourth-order valence-electron chi connectivity index (χ4n) is 2.29. The highest BCUT2D eigenvalue weighted by Crippen LogP contribution is 2.20. The lowest BCUT2D eigenvalue weighted by Gasteiger charge is -2.34. The molecule has 1 aromatic rings. The maximum absolute atomic E-state index is 12.3. The molecule has 1 fully saturated rings. The number of carbonyl (C=O) groups excluding carboxylic acids is 1. The van der Waals surface area contributed by atoms with Gasteiger partial charge in [-0.05, 0) is 18.1 Å². The number of rotatable bonds is 5. The quantitative estimate of drug-likeness (QED) is 0.889. The second kappa shape index (κ2) is 7.28. The Balaban J connectivity index is 1.90. The van der Waals surface area contributed by atoms with E-state index in [4.69, 9.17) is 5.11 Å². The zero-order valence-electron chi connectivity index (χ0n) is 11.2. The summed E-state index contributed by atoms with van der Waals surface area (Å²) in [5.41, 5.74) is 1.03. The summed E-state index contributed by atoms with van der Waals surface area (Å²) >= 11 is 1.71. The Morgan fingerprint density at radius 2 is 2.35 bits per heavy atom. The van der Waals surface area contributed by atoms with Crippen molar-refractivity contribution in [2.45, 2.75) is 25.3 Å². The van der Waals surface area contributed by atoms with Gasteiger partial charge in [-0.3, -0.25) is 14.6 Å². The van der Waals surface area contributed by atoms with Crippen molar-refractivity contribution in [3.63, 3.8) is 0 Å². The molecule has 1 saturated heterocycles. The van der Waals surface area contributed by atoms with E-state index in [1.807, 2.05) is 12.1 Å². The van der Waals surface area contributed by atoms with Gasteiger partial charge in [0.15, 0.2) is 0 Å². The Morgan fingerprint density at radius 3 is 3.05 bits per heavy atom. The minimum absolute atomic E-state index is 0.0334. The van der Waals surface area contributed by atoms with Gasteiger partial charge < -0.3 is 10.0 Å². The first-order valence-electron chi connectivity index (χ1n) is 6.64. The van der Waals surface area contributed by atoms with Crippen molar-refractivity contribution >= 4 is 23.6 Å². The van der Waals surface area contributed by atoms with Gasteiger partial charge in [-0.2, -0.15) is 11.8 Å². The molecule has 1 N–H and O–H groups in total. The lowest BCUT2D eigenvalue weighted by Crippen LogP contribution is -2.47. The van der Waals surface area contributed by atoms with Crippen LogP contribution in [-0.2, 0) is 16.0 Å². The third-order valence-electron chi connectivity index (χ3n) is 3.31. The predicted octanol–water partition coefficient (Wildman–Crippen LogP) is 1.43. The van der Waals surface area contributed by atoms with Gasteiger partial charge in [0.1, 0.15) is 0 Å². The summed E-state index contributed by atoms with van der Waals surface area (Å²) < 4.78 is 0. The Labute approximate surface area is 122 Å². The molecule has 0 saturated carbocycles. The van der Waals surface area contributed by atoms with E-state index in [0.717, 1.165) is 11.3 Å². The maximum atomic E-state index is 12.3. The van der Waals surface area contributed by atoms with Crippen LogP contribution in [0.15, 0.2) is 24.5 Å². The SMILES string of the molecule is O=C(O)CC1CSCCN1C(=O)CCc1cccnc1. The van der Waals surface area contributed by atoms with Gasteiger partial charge in [0.2, 0.25) is 5.91 Å². The molecule has 1 unspecified atom stereocenters. The summed E-state index contributed by atoms with van der Waals surface area (Å²) in [6, 6.07) is 3.62. The Bertz CT molecular complexity index is 467. The number of hydrogen-bond donors (Lipinski definition) is 1. The summed E-state index contributed by atoms with van der Waals surface area (Å²) in [7, 11) is 0. The van der Waals surface area contributed by atoms with Gasteiger partial charge >= 0.3 is 5.97 Å². The Kier molecular flexibility index (Phi) is 5.40. The molecule has 6 heteroatoms. The van der Waals surface area contributed by atoms with Crippen molar-refractivity contribution in [1.82, 2.24) is 9.88 Å². The van der Waals surface area contributed by atoms with Crippen molar-refractivity contribution < 1.29 is 14.7 Å². The minimum Gasteiger partial charge on any atom is -0.481 e. The molecule has 1 aliphatic rings. The molecule has 1 aromatic heterocycles. The molecular weight excluding hydrogens is 276 g/mol. The molecule has 0 spiro atoms. The fourth-order valence-corrected chi connectivity index (χ4v) is 3.36. The molecule has 5 nitrogen and oxygen atoms in total. The van der Waals surface area contributed by atoms with Crippen LogP contribution in [0.25, 0.3) is 0 Å². The summed E-state index contributed by atoms with van der Waals surface area (Å²) in [6.45, 7) is 0.647.